The van der Waals surface area contributed by atoms with Gasteiger partial charge in [-0.25, -0.2) is 33.1 Å². The molecule has 52 heavy (non-hydrogen) atoms. The molecule has 3 amide bonds. The average Bonchev–Trinajstić information content (AvgIpc) is 3.67. The molecule has 0 saturated carbocycles. The van der Waals surface area contributed by atoms with Crippen LogP contribution in [0, 0.1) is 0 Å². The smallest absolute Gasteiger partial charge is 0.326 e. The van der Waals surface area contributed by atoms with E-state index in [4.69, 9.17) is 10.2 Å². The second-order valence-electron chi connectivity index (χ2n) is 11.5. The molecule has 3 aromatic rings. The van der Waals surface area contributed by atoms with Gasteiger partial charge in [0.25, 0.3) is 0 Å². The summed E-state index contributed by atoms with van der Waals surface area (Å²) in [4.78, 5) is 81.7. The van der Waals surface area contributed by atoms with E-state index in [1.807, 2.05) is 4.90 Å². The first-order valence-corrected chi connectivity index (χ1v) is 17.2. The molecule has 0 radical (unpaired) electrons. The van der Waals surface area contributed by atoms with Gasteiger partial charge in [0.1, 0.15) is 36.8 Å². The first kappa shape index (κ1) is 40.6. The maximum absolute atomic E-state index is 12.9. The van der Waals surface area contributed by atoms with Crippen molar-refractivity contribution < 1.29 is 57.6 Å². The molecule has 0 fully saturated rings. The Balaban J connectivity index is 1.63. The molecule has 1 aromatic carbocycles. The summed E-state index contributed by atoms with van der Waals surface area (Å²) in [5, 5.41) is 49.5. The lowest BCUT2D eigenvalue weighted by atomic mass is 10.1. The third-order valence-electron chi connectivity index (χ3n) is 7.48. The number of benzene rings is 1. The molecule has 0 spiro atoms. The van der Waals surface area contributed by atoms with E-state index >= 15 is 0 Å². The standard InChI is InChI=1S/C30H39N9O12S/c31-52(50,51)20-6-4-19(5-7-20)34-28(46)21(8-9-25(40)41)35-30(49)36-22(29(47)48)3-1-2-12-37(15-23-32-10-13-38(23)17-26(42)43)16-24-33-11-14-39(24)18-27(44)45/h4-7,10-11,13-14,21-22H,1-3,8-9,12,15-18H2,(H,34,46)(H,40,41)(H,42,43)(H,44,45)(H,47,48)(H2,31,50,51)(H2,35,36,49). The van der Waals surface area contributed by atoms with E-state index in [9.17, 15) is 52.5 Å². The van der Waals surface area contributed by atoms with Crippen LogP contribution in [0.25, 0.3) is 0 Å². The number of nitrogens with two attached hydrogens (primary N) is 1. The molecule has 0 bridgehead atoms. The van der Waals surface area contributed by atoms with Crippen LogP contribution in [0.2, 0.25) is 0 Å². The van der Waals surface area contributed by atoms with Crippen LogP contribution < -0.4 is 21.1 Å². The van der Waals surface area contributed by atoms with Gasteiger partial charge in [-0.15, -0.1) is 0 Å². The number of primary sulfonamides is 1. The van der Waals surface area contributed by atoms with Crippen molar-refractivity contribution in [3.05, 3.63) is 60.7 Å². The minimum absolute atomic E-state index is 0.0553. The Bertz CT molecular complexity index is 1790. The van der Waals surface area contributed by atoms with Crippen LogP contribution in [0.3, 0.4) is 0 Å². The van der Waals surface area contributed by atoms with E-state index in [0.29, 0.717) is 24.6 Å². The number of unbranched alkanes of at least 4 members (excludes halogenated alkanes) is 1. The summed E-state index contributed by atoms with van der Waals surface area (Å²) in [5.41, 5.74) is 0.120. The fraction of sp³-hybridized carbons (Fsp3) is 0.400. The number of nitrogens with zero attached hydrogens (tertiary/aromatic N) is 5. The van der Waals surface area contributed by atoms with E-state index in [1.165, 1.54) is 46.1 Å². The molecule has 21 nitrogen and oxygen atoms in total. The van der Waals surface area contributed by atoms with Crippen LogP contribution in [-0.4, -0.2) is 107 Å². The summed E-state index contributed by atoms with van der Waals surface area (Å²) in [5.74, 6) is -4.80. The van der Waals surface area contributed by atoms with Crippen LogP contribution in [0.15, 0.2) is 53.9 Å². The number of aromatic nitrogens is 4. The predicted molar refractivity (Wildman–Crippen MR) is 178 cm³/mol. The topological polar surface area (TPSA) is 318 Å². The van der Waals surface area contributed by atoms with E-state index in [2.05, 4.69) is 25.9 Å². The second-order valence-corrected chi connectivity index (χ2v) is 13.1. The van der Waals surface area contributed by atoms with Gasteiger partial charge in [-0.2, -0.15) is 0 Å². The number of carboxylic acids is 4. The zero-order valence-electron chi connectivity index (χ0n) is 27.6. The molecule has 2 unspecified atom stereocenters. The second kappa shape index (κ2) is 18.9. The lowest BCUT2D eigenvalue weighted by molar-refractivity contribution is -0.140. The van der Waals surface area contributed by atoms with Crippen molar-refractivity contribution in [2.75, 3.05) is 11.9 Å². The molecule has 282 valence electrons. The molecule has 0 aliphatic heterocycles. The van der Waals surface area contributed by atoms with Gasteiger partial charge in [0.2, 0.25) is 15.9 Å². The van der Waals surface area contributed by atoms with Crippen LogP contribution >= 0.6 is 0 Å². The molecule has 3 rings (SSSR count). The molecular weight excluding hydrogens is 710 g/mol. The number of carbonyl (C=O) groups is 6. The van der Waals surface area contributed by atoms with Crippen molar-refractivity contribution in [1.82, 2.24) is 34.6 Å². The van der Waals surface area contributed by atoms with Gasteiger partial charge in [0.15, 0.2) is 0 Å². The van der Waals surface area contributed by atoms with Crippen LogP contribution in [0.4, 0.5) is 10.5 Å². The Labute approximate surface area is 296 Å². The van der Waals surface area contributed by atoms with Crippen LogP contribution in [-0.2, 0) is 60.2 Å². The maximum Gasteiger partial charge on any atom is 0.326 e. The lowest BCUT2D eigenvalue weighted by Gasteiger charge is -2.23. The molecule has 2 heterocycles. The SMILES string of the molecule is NS(=O)(=O)c1ccc(NC(=O)C(CCC(=O)O)NC(=O)NC(CCCCN(Cc2nccn2CC(=O)O)Cc2nccn2CC(=O)O)C(=O)O)cc1. The normalized spacial score (nSPS) is 12.5. The number of rotatable bonds is 22. The Morgan fingerprint density at radius 1 is 0.769 bits per heavy atom. The number of aliphatic carboxylic acids is 4. The number of nitrogens with one attached hydrogen (secondary N) is 3. The fourth-order valence-corrected chi connectivity index (χ4v) is 5.49. The van der Waals surface area contributed by atoms with Crippen LogP contribution in [0.5, 0.6) is 0 Å². The molecule has 0 aliphatic rings. The average molecular weight is 750 g/mol. The summed E-state index contributed by atoms with van der Waals surface area (Å²) in [6.45, 7) is -0.0530. The number of carboxylic acid groups (broad SMARTS) is 4. The Hall–Kier alpha value is -5.87. The van der Waals surface area contributed by atoms with Gasteiger partial charge in [-0.1, -0.05) is 0 Å². The summed E-state index contributed by atoms with van der Waals surface area (Å²) in [7, 11) is -4.00. The minimum Gasteiger partial charge on any atom is -0.481 e. The molecule has 9 N–H and O–H groups in total. The van der Waals surface area contributed by atoms with E-state index in [0.717, 1.165) is 12.1 Å². The van der Waals surface area contributed by atoms with E-state index in [-0.39, 0.29) is 56.0 Å². The number of hydrogen-bond acceptors (Lipinski definition) is 11. The predicted octanol–water partition coefficient (Wildman–Crippen LogP) is -0.307. The highest BCUT2D eigenvalue weighted by atomic mass is 32.2. The van der Waals surface area contributed by atoms with Crippen molar-refractivity contribution >= 4 is 51.5 Å². The molecule has 0 aliphatic carbocycles. The van der Waals surface area contributed by atoms with E-state index < -0.39 is 64.3 Å². The number of sulfonamides is 1. The zero-order valence-corrected chi connectivity index (χ0v) is 28.4. The monoisotopic (exact) mass is 749 g/mol. The van der Waals surface area contributed by atoms with Crippen molar-refractivity contribution in [3.8, 4) is 0 Å². The van der Waals surface area contributed by atoms with E-state index in [1.54, 1.807) is 0 Å². The maximum atomic E-state index is 12.9. The highest BCUT2D eigenvalue weighted by molar-refractivity contribution is 7.89. The Kier molecular flexibility index (Phi) is 14.8. The summed E-state index contributed by atoms with van der Waals surface area (Å²) in [6.07, 6.45) is 5.61. The molecule has 0 saturated heterocycles. The zero-order chi connectivity index (χ0) is 38.4. The molecule has 2 atom stereocenters. The van der Waals surface area contributed by atoms with Gasteiger partial charge in [-0.3, -0.25) is 24.1 Å². The fourth-order valence-electron chi connectivity index (χ4n) is 4.97. The number of amides is 3. The number of anilines is 1. The summed E-state index contributed by atoms with van der Waals surface area (Å²) < 4.78 is 25.9. The van der Waals surface area contributed by atoms with Crippen molar-refractivity contribution in [2.45, 2.75) is 75.3 Å². The molecular formula is C30H39N9O12S. The first-order valence-electron chi connectivity index (χ1n) is 15.6. The number of imidazole rings is 2. The quantitative estimate of drug-likeness (QED) is 0.0611. The van der Waals surface area contributed by atoms with Gasteiger partial charge in [0, 0.05) is 36.9 Å². The Morgan fingerprint density at radius 2 is 1.31 bits per heavy atom. The largest absolute Gasteiger partial charge is 0.481 e. The third kappa shape index (κ3) is 13.4. The number of carbonyl (C=O) groups excluding carboxylic acids is 2. The third-order valence-corrected chi connectivity index (χ3v) is 8.41. The summed E-state index contributed by atoms with van der Waals surface area (Å²) in [6, 6.07) is 0.863. The van der Waals surface area contributed by atoms with Gasteiger partial charge < -0.3 is 45.5 Å². The Morgan fingerprint density at radius 3 is 1.79 bits per heavy atom. The number of urea groups is 1. The van der Waals surface area contributed by atoms with Gasteiger partial charge >= 0.3 is 29.9 Å². The first-order chi connectivity index (χ1) is 24.5. The van der Waals surface area contributed by atoms with Crippen LogP contribution in [0.1, 0.15) is 43.8 Å². The molecule has 22 heteroatoms. The highest BCUT2D eigenvalue weighted by Gasteiger charge is 2.26. The summed E-state index contributed by atoms with van der Waals surface area (Å²) >= 11 is 0. The van der Waals surface area contributed by atoms with Gasteiger partial charge in [-0.05, 0) is 56.5 Å². The van der Waals surface area contributed by atoms with Crippen molar-refractivity contribution in [1.29, 1.82) is 0 Å². The van der Waals surface area contributed by atoms with Crippen molar-refractivity contribution in [3.63, 3.8) is 0 Å². The van der Waals surface area contributed by atoms with Gasteiger partial charge in [0.05, 0.1) is 18.0 Å². The lowest BCUT2D eigenvalue weighted by Crippen LogP contribution is -2.52. The van der Waals surface area contributed by atoms with Crippen molar-refractivity contribution in [2.24, 2.45) is 5.14 Å². The molecule has 2 aromatic heterocycles. The highest BCUT2D eigenvalue weighted by Crippen LogP contribution is 2.15. The number of hydrogen-bond donors (Lipinski definition) is 8. The minimum atomic E-state index is -4.00.